The van der Waals surface area contributed by atoms with Crippen LogP contribution in [0.15, 0.2) is 24.3 Å². The van der Waals surface area contributed by atoms with E-state index in [1.807, 2.05) is 24.3 Å². The van der Waals surface area contributed by atoms with Crippen molar-refractivity contribution in [1.82, 2.24) is 5.32 Å². The average molecular weight is 352 g/mol. The van der Waals surface area contributed by atoms with Gasteiger partial charge in [0.05, 0.1) is 5.54 Å². The van der Waals surface area contributed by atoms with Crippen LogP contribution < -0.4 is 5.32 Å². The number of aliphatic carboxylic acids is 1. The Morgan fingerprint density at radius 3 is 2.29 bits per heavy atom. The summed E-state index contributed by atoms with van der Waals surface area (Å²) >= 11 is 5.99. The van der Waals surface area contributed by atoms with Gasteiger partial charge in [0.2, 0.25) is 5.91 Å². The van der Waals surface area contributed by atoms with Crippen LogP contribution in [0.25, 0.3) is 0 Å². The SMILES string of the molecule is O=C(NC1(c2ccc(Cl)cc2)CCCCC1)[C@@H]1CC[C@H](C(=O)O)O1. The second kappa shape index (κ2) is 7.11. The van der Waals surface area contributed by atoms with E-state index < -0.39 is 23.7 Å². The third kappa shape index (κ3) is 3.57. The van der Waals surface area contributed by atoms with Crippen molar-refractivity contribution < 1.29 is 19.4 Å². The Morgan fingerprint density at radius 1 is 1.08 bits per heavy atom. The molecule has 2 fully saturated rings. The number of ether oxygens (including phenoxy) is 1. The summed E-state index contributed by atoms with van der Waals surface area (Å²) in [7, 11) is 0. The quantitative estimate of drug-likeness (QED) is 0.873. The molecule has 1 heterocycles. The van der Waals surface area contributed by atoms with Crippen molar-refractivity contribution in [3.8, 4) is 0 Å². The van der Waals surface area contributed by atoms with Gasteiger partial charge in [-0.15, -0.1) is 0 Å². The fourth-order valence-electron chi connectivity index (χ4n) is 3.74. The molecule has 0 bridgehead atoms. The number of rotatable bonds is 4. The summed E-state index contributed by atoms with van der Waals surface area (Å²) < 4.78 is 5.39. The molecule has 1 saturated heterocycles. The predicted octanol–water partition coefficient (Wildman–Crippen LogP) is 3.25. The zero-order valence-corrected chi connectivity index (χ0v) is 14.2. The van der Waals surface area contributed by atoms with Gasteiger partial charge in [0.25, 0.3) is 0 Å². The first-order chi connectivity index (χ1) is 11.5. The number of carboxylic acid groups (broad SMARTS) is 1. The largest absolute Gasteiger partial charge is 0.479 e. The van der Waals surface area contributed by atoms with Crippen molar-refractivity contribution in [2.45, 2.75) is 62.7 Å². The van der Waals surface area contributed by atoms with E-state index >= 15 is 0 Å². The maximum atomic E-state index is 12.7. The summed E-state index contributed by atoms with van der Waals surface area (Å²) in [5.74, 6) is -1.22. The lowest BCUT2D eigenvalue weighted by molar-refractivity contribution is -0.152. The van der Waals surface area contributed by atoms with Crippen molar-refractivity contribution in [2.75, 3.05) is 0 Å². The van der Waals surface area contributed by atoms with Crippen LogP contribution in [0.2, 0.25) is 5.02 Å². The first-order valence-corrected chi connectivity index (χ1v) is 8.84. The fraction of sp³-hybridized carbons (Fsp3) is 0.556. The number of hydrogen-bond acceptors (Lipinski definition) is 3. The third-order valence-corrected chi connectivity index (χ3v) is 5.31. The molecule has 130 valence electrons. The fourth-order valence-corrected chi connectivity index (χ4v) is 3.86. The molecule has 2 atom stereocenters. The van der Waals surface area contributed by atoms with Gasteiger partial charge < -0.3 is 15.2 Å². The lowest BCUT2D eigenvalue weighted by atomic mass is 9.76. The summed E-state index contributed by atoms with van der Waals surface area (Å²) in [5, 5.41) is 12.9. The van der Waals surface area contributed by atoms with Crippen molar-refractivity contribution in [2.24, 2.45) is 0 Å². The summed E-state index contributed by atoms with van der Waals surface area (Å²) in [4.78, 5) is 23.7. The standard InChI is InChI=1S/C18H22ClNO4/c19-13-6-4-12(5-7-13)18(10-2-1-3-11-18)20-16(21)14-8-9-15(24-14)17(22)23/h4-7,14-15H,1-3,8-11H2,(H,20,21)(H,22,23)/t14-,15+/m0/s1. The number of halogens is 1. The van der Waals surface area contributed by atoms with Crippen LogP contribution in [0.1, 0.15) is 50.5 Å². The summed E-state index contributed by atoms with van der Waals surface area (Å²) in [5.41, 5.74) is 0.637. The topological polar surface area (TPSA) is 75.6 Å². The van der Waals surface area contributed by atoms with Gasteiger partial charge in [0.15, 0.2) is 6.10 Å². The van der Waals surface area contributed by atoms with Crippen LogP contribution >= 0.6 is 11.6 Å². The van der Waals surface area contributed by atoms with Crippen LogP contribution in [0.5, 0.6) is 0 Å². The maximum Gasteiger partial charge on any atom is 0.332 e. The van der Waals surface area contributed by atoms with Gasteiger partial charge in [-0.2, -0.15) is 0 Å². The molecule has 1 aliphatic heterocycles. The monoisotopic (exact) mass is 351 g/mol. The van der Waals surface area contributed by atoms with Gasteiger partial charge in [0, 0.05) is 5.02 Å². The highest BCUT2D eigenvalue weighted by Crippen LogP contribution is 2.38. The van der Waals surface area contributed by atoms with Crippen LogP contribution in [0.4, 0.5) is 0 Å². The van der Waals surface area contributed by atoms with E-state index in [4.69, 9.17) is 21.4 Å². The van der Waals surface area contributed by atoms with Crippen LogP contribution in [-0.4, -0.2) is 29.2 Å². The molecule has 1 amide bonds. The summed E-state index contributed by atoms with van der Waals surface area (Å²) in [6.45, 7) is 0. The first-order valence-electron chi connectivity index (χ1n) is 8.46. The van der Waals surface area contributed by atoms with Gasteiger partial charge in [-0.1, -0.05) is 43.0 Å². The predicted molar refractivity (Wildman–Crippen MR) is 89.9 cm³/mol. The maximum absolute atomic E-state index is 12.7. The van der Waals surface area contributed by atoms with E-state index in [0.717, 1.165) is 37.7 Å². The molecular weight excluding hydrogens is 330 g/mol. The minimum absolute atomic E-state index is 0.212. The molecule has 1 aromatic carbocycles. The molecule has 2 N–H and O–H groups in total. The average Bonchev–Trinajstić information content (AvgIpc) is 3.07. The Balaban J connectivity index is 1.76. The lowest BCUT2D eigenvalue weighted by Crippen LogP contribution is -2.50. The number of amides is 1. The van der Waals surface area contributed by atoms with E-state index in [-0.39, 0.29) is 5.91 Å². The number of hydrogen-bond donors (Lipinski definition) is 2. The van der Waals surface area contributed by atoms with Crippen molar-refractivity contribution in [3.63, 3.8) is 0 Å². The van der Waals surface area contributed by atoms with Crippen LogP contribution in [0, 0.1) is 0 Å². The highest BCUT2D eigenvalue weighted by molar-refractivity contribution is 6.30. The van der Waals surface area contributed by atoms with Crippen LogP contribution in [-0.2, 0) is 19.9 Å². The molecule has 6 heteroatoms. The van der Waals surface area contributed by atoms with E-state index in [1.54, 1.807) is 0 Å². The Hall–Kier alpha value is -1.59. The number of benzene rings is 1. The second-order valence-electron chi connectivity index (χ2n) is 6.67. The molecule has 0 radical (unpaired) electrons. The number of carboxylic acids is 1. The van der Waals surface area contributed by atoms with Crippen molar-refractivity contribution in [1.29, 1.82) is 0 Å². The molecule has 1 aromatic rings. The lowest BCUT2D eigenvalue weighted by Gasteiger charge is -2.39. The Morgan fingerprint density at radius 2 is 1.71 bits per heavy atom. The molecule has 3 rings (SSSR count). The molecule has 5 nitrogen and oxygen atoms in total. The summed E-state index contributed by atoms with van der Waals surface area (Å²) in [6.07, 6.45) is 4.26. The van der Waals surface area contributed by atoms with Gasteiger partial charge in [0.1, 0.15) is 6.10 Å². The molecule has 1 aliphatic carbocycles. The van der Waals surface area contributed by atoms with Gasteiger partial charge in [-0.25, -0.2) is 4.79 Å². The minimum atomic E-state index is -1.00. The number of carbonyl (C=O) groups excluding carboxylic acids is 1. The Bertz CT molecular complexity index is 610. The first kappa shape index (κ1) is 17.2. The molecule has 0 aromatic heterocycles. The van der Waals surface area contributed by atoms with E-state index in [0.29, 0.717) is 17.9 Å². The van der Waals surface area contributed by atoms with E-state index in [9.17, 15) is 9.59 Å². The van der Waals surface area contributed by atoms with Crippen molar-refractivity contribution in [3.05, 3.63) is 34.9 Å². The smallest absolute Gasteiger partial charge is 0.332 e. The molecule has 2 aliphatic rings. The molecule has 1 saturated carbocycles. The third-order valence-electron chi connectivity index (χ3n) is 5.05. The van der Waals surface area contributed by atoms with Gasteiger partial charge in [-0.05, 0) is 43.4 Å². The molecule has 24 heavy (non-hydrogen) atoms. The highest BCUT2D eigenvalue weighted by atomic mass is 35.5. The van der Waals surface area contributed by atoms with Crippen molar-refractivity contribution >= 4 is 23.5 Å². The number of nitrogens with one attached hydrogen (secondary N) is 1. The minimum Gasteiger partial charge on any atom is -0.479 e. The number of carbonyl (C=O) groups is 2. The normalized spacial score (nSPS) is 26.0. The Kier molecular flexibility index (Phi) is 5.11. The highest BCUT2D eigenvalue weighted by Gasteiger charge is 2.40. The van der Waals surface area contributed by atoms with Crippen LogP contribution in [0.3, 0.4) is 0 Å². The molecule has 0 unspecified atom stereocenters. The second-order valence-corrected chi connectivity index (χ2v) is 7.10. The van der Waals surface area contributed by atoms with E-state index in [1.165, 1.54) is 0 Å². The van der Waals surface area contributed by atoms with Gasteiger partial charge >= 0.3 is 5.97 Å². The zero-order valence-electron chi connectivity index (χ0n) is 13.5. The molecule has 0 spiro atoms. The van der Waals surface area contributed by atoms with E-state index in [2.05, 4.69) is 5.32 Å². The summed E-state index contributed by atoms with van der Waals surface area (Å²) in [6, 6.07) is 7.60. The molecular formula is C18H22ClNO4. The zero-order chi connectivity index (χ0) is 17.2. The Labute approximate surface area is 146 Å². The van der Waals surface area contributed by atoms with Gasteiger partial charge in [-0.3, -0.25) is 4.79 Å².